The minimum absolute atomic E-state index is 0.423. The molecule has 1 aromatic heterocycles. The van der Waals surface area contributed by atoms with Crippen LogP contribution in [0.3, 0.4) is 0 Å². The van der Waals surface area contributed by atoms with Gasteiger partial charge in [-0.1, -0.05) is 43.6 Å². The first-order valence-corrected chi connectivity index (χ1v) is 7.57. The van der Waals surface area contributed by atoms with Crippen molar-refractivity contribution < 1.29 is 4.74 Å². The number of halogens is 1. The predicted octanol–water partition coefficient (Wildman–Crippen LogP) is 3.85. The average Bonchev–Trinajstić information content (AvgIpc) is 2.48. The van der Waals surface area contributed by atoms with E-state index in [1.54, 1.807) is 6.20 Å². The Bertz CT molecular complexity index is 558. The molecule has 0 saturated heterocycles. The van der Waals surface area contributed by atoms with Crippen LogP contribution in [-0.2, 0) is 13.0 Å². The fourth-order valence-corrected chi connectivity index (χ4v) is 2.23. The van der Waals surface area contributed by atoms with Crippen LogP contribution in [0.2, 0.25) is 5.02 Å². The predicted molar refractivity (Wildman–Crippen MR) is 86.9 cm³/mol. The topological polar surface area (TPSA) is 34.1 Å². The Hall–Kier alpha value is -1.58. The van der Waals surface area contributed by atoms with Crippen LogP contribution >= 0.6 is 11.6 Å². The van der Waals surface area contributed by atoms with Gasteiger partial charge in [-0.2, -0.15) is 0 Å². The first-order valence-electron chi connectivity index (χ1n) is 7.19. The molecule has 4 heteroatoms. The molecular formula is C17H21ClN2O. The van der Waals surface area contributed by atoms with E-state index < -0.39 is 0 Å². The van der Waals surface area contributed by atoms with Gasteiger partial charge in [0.05, 0.1) is 11.6 Å². The third-order valence-electron chi connectivity index (χ3n) is 3.11. The molecule has 0 unspecified atom stereocenters. The van der Waals surface area contributed by atoms with Crippen molar-refractivity contribution in [2.75, 3.05) is 6.61 Å². The molecule has 2 aromatic rings. The average molecular weight is 305 g/mol. The Balaban J connectivity index is 1.98. The minimum Gasteiger partial charge on any atom is -0.491 e. The molecule has 3 nitrogen and oxygen atoms in total. The van der Waals surface area contributed by atoms with E-state index in [9.17, 15) is 0 Å². The Morgan fingerprint density at radius 1 is 1.24 bits per heavy atom. The lowest BCUT2D eigenvalue weighted by Crippen LogP contribution is -2.22. The molecule has 0 saturated carbocycles. The number of benzene rings is 1. The molecule has 1 N–H and O–H groups in total. The highest BCUT2D eigenvalue weighted by Gasteiger charge is 2.09. The summed E-state index contributed by atoms with van der Waals surface area (Å²) in [7, 11) is 0. The van der Waals surface area contributed by atoms with Crippen LogP contribution in [-0.4, -0.2) is 17.6 Å². The van der Waals surface area contributed by atoms with Crippen LogP contribution in [0.4, 0.5) is 0 Å². The van der Waals surface area contributed by atoms with Gasteiger partial charge < -0.3 is 10.1 Å². The standard InChI is InChI=1S/C17H21ClN2O/c1-13(2)20-12-15-6-3-7-16(18)17(15)21-10-8-14-5-4-9-19-11-14/h3-7,9,11,13,20H,8,10,12H2,1-2H3. The van der Waals surface area contributed by atoms with Gasteiger partial charge in [-0.05, 0) is 17.7 Å². The summed E-state index contributed by atoms with van der Waals surface area (Å²) in [6, 6.07) is 10.3. The number of para-hydroxylation sites is 1. The molecule has 112 valence electrons. The lowest BCUT2D eigenvalue weighted by molar-refractivity contribution is 0.317. The number of ether oxygens (including phenoxy) is 1. The molecule has 1 aromatic carbocycles. The Kier molecular flexibility index (Phi) is 6.03. The third kappa shape index (κ3) is 5.03. The zero-order valence-electron chi connectivity index (χ0n) is 12.5. The van der Waals surface area contributed by atoms with Crippen LogP contribution in [0.15, 0.2) is 42.7 Å². The van der Waals surface area contributed by atoms with Gasteiger partial charge in [-0.25, -0.2) is 0 Å². The number of hydrogen-bond acceptors (Lipinski definition) is 3. The van der Waals surface area contributed by atoms with Crippen molar-refractivity contribution in [1.29, 1.82) is 0 Å². The maximum absolute atomic E-state index is 6.26. The summed E-state index contributed by atoms with van der Waals surface area (Å²) in [6.07, 6.45) is 4.45. The third-order valence-corrected chi connectivity index (χ3v) is 3.41. The van der Waals surface area contributed by atoms with E-state index in [-0.39, 0.29) is 0 Å². The van der Waals surface area contributed by atoms with Crippen molar-refractivity contribution in [1.82, 2.24) is 10.3 Å². The zero-order chi connectivity index (χ0) is 15.1. The number of aromatic nitrogens is 1. The number of nitrogens with zero attached hydrogens (tertiary/aromatic N) is 1. The number of pyridine rings is 1. The fourth-order valence-electron chi connectivity index (χ4n) is 1.99. The second-order valence-corrected chi connectivity index (χ2v) is 5.63. The summed E-state index contributed by atoms with van der Waals surface area (Å²) < 4.78 is 5.90. The maximum Gasteiger partial charge on any atom is 0.142 e. The van der Waals surface area contributed by atoms with E-state index in [4.69, 9.17) is 16.3 Å². The van der Waals surface area contributed by atoms with E-state index in [0.29, 0.717) is 17.7 Å². The van der Waals surface area contributed by atoms with Crippen LogP contribution in [0.5, 0.6) is 5.75 Å². The first kappa shape index (κ1) is 15.8. The molecule has 21 heavy (non-hydrogen) atoms. The molecule has 0 amide bonds. The van der Waals surface area contributed by atoms with Gasteiger partial charge in [0, 0.05) is 37.0 Å². The van der Waals surface area contributed by atoms with Crippen molar-refractivity contribution in [3.05, 3.63) is 58.9 Å². The molecule has 0 bridgehead atoms. The van der Waals surface area contributed by atoms with E-state index in [0.717, 1.165) is 29.8 Å². The second kappa shape index (κ2) is 8.01. The highest BCUT2D eigenvalue weighted by Crippen LogP contribution is 2.28. The van der Waals surface area contributed by atoms with Gasteiger partial charge in [0.1, 0.15) is 5.75 Å². The van der Waals surface area contributed by atoms with Crippen molar-refractivity contribution in [2.45, 2.75) is 32.9 Å². The summed E-state index contributed by atoms with van der Waals surface area (Å²) in [6.45, 7) is 5.57. The van der Waals surface area contributed by atoms with Gasteiger partial charge in [-0.15, -0.1) is 0 Å². The monoisotopic (exact) mass is 304 g/mol. The SMILES string of the molecule is CC(C)NCc1cccc(Cl)c1OCCc1cccnc1. The maximum atomic E-state index is 6.26. The van der Waals surface area contributed by atoms with Crippen LogP contribution in [0, 0.1) is 0 Å². The second-order valence-electron chi connectivity index (χ2n) is 5.22. The van der Waals surface area contributed by atoms with E-state index in [1.165, 1.54) is 0 Å². The highest BCUT2D eigenvalue weighted by atomic mass is 35.5. The molecule has 0 spiro atoms. The Morgan fingerprint density at radius 2 is 2.10 bits per heavy atom. The lowest BCUT2D eigenvalue weighted by atomic mass is 10.2. The number of nitrogens with one attached hydrogen (secondary N) is 1. The molecular weight excluding hydrogens is 284 g/mol. The van der Waals surface area contributed by atoms with Gasteiger partial charge >= 0.3 is 0 Å². The summed E-state index contributed by atoms with van der Waals surface area (Å²) >= 11 is 6.26. The van der Waals surface area contributed by atoms with Gasteiger partial charge in [-0.3, -0.25) is 4.98 Å². The number of rotatable bonds is 7. The Labute approximate surface area is 131 Å². The molecule has 0 fully saturated rings. The summed E-state index contributed by atoms with van der Waals surface area (Å²) in [5, 5.41) is 4.05. The van der Waals surface area contributed by atoms with Gasteiger partial charge in [0.2, 0.25) is 0 Å². The molecule has 0 atom stereocenters. The smallest absolute Gasteiger partial charge is 0.142 e. The highest BCUT2D eigenvalue weighted by molar-refractivity contribution is 6.32. The van der Waals surface area contributed by atoms with E-state index in [1.807, 2.05) is 36.5 Å². The van der Waals surface area contributed by atoms with E-state index >= 15 is 0 Å². The normalized spacial score (nSPS) is 10.9. The van der Waals surface area contributed by atoms with Gasteiger partial charge in [0.25, 0.3) is 0 Å². The lowest BCUT2D eigenvalue weighted by Gasteiger charge is -2.15. The minimum atomic E-state index is 0.423. The van der Waals surface area contributed by atoms with Crippen molar-refractivity contribution in [3.8, 4) is 5.75 Å². The molecule has 0 aliphatic carbocycles. The van der Waals surface area contributed by atoms with Crippen LogP contribution in [0.25, 0.3) is 0 Å². The van der Waals surface area contributed by atoms with E-state index in [2.05, 4.69) is 24.1 Å². The zero-order valence-corrected chi connectivity index (χ0v) is 13.2. The first-order chi connectivity index (χ1) is 10.2. The summed E-state index contributed by atoms with van der Waals surface area (Å²) in [4.78, 5) is 4.10. The van der Waals surface area contributed by atoms with Crippen LogP contribution in [0.1, 0.15) is 25.0 Å². The quantitative estimate of drug-likeness (QED) is 0.843. The Morgan fingerprint density at radius 3 is 2.81 bits per heavy atom. The largest absolute Gasteiger partial charge is 0.491 e. The van der Waals surface area contributed by atoms with Crippen molar-refractivity contribution in [3.63, 3.8) is 0 Å². The molecule has 0 aliphatic rings. The number of hydrogen-bond donors (Lipinski definition) is 1. The van der Waals surface area contributed by atoms with Gasteiger partial charge in [0.15, 0.2) is 0 Å². The molecule has 2 rings (SSSR count). The molecule has 1 heterocycles. The fraction of sp³-hybridized carbons (Fsp3) is 0.353. The van der Waals surface area contributed by atoms with Crippen molar-refractivity contribution in [2.24, 2.45) is 0 Å². The van der Waals surface area contributed by atoms with Crippen LogP contribution < -0.4 is 10.1 Å². The summed E-state index contributed by atoms with van der Waals surface area (Å²) in [5.74, 6) is 0.774. The molecule has 0 aliphatic heterocycles. The molecule has 0 radical (unpaired) electrons. The van der Waals surface area contributed by atoms with Crippen molar-refractivity contribution >= 4 is 11.6 Å². The summed E-state index contributed by atoms with van der Waals surface area (Å²) in [5.41, 5.74) is 2.24.